The molecule has 5 heteroatoms. The van der Waals surface area contributed by atoms with Gasteiger partial charge in [0.15, 0.2) is 0 Å². The number of rotatable bonds is 5. The van der Waals surface area contributed by atoms with Crippen LogP contribution in [0.5, 0.6) is 0 Å². The Hall–Kier alpha value is -0.650. The van der Waals surface area contributed by atoms with Gasteiger partial charge in [-0.15, -0.1) is 0 Å². The smallest absolute Gasteiger partial charge is 0.246 e. The second kappa shape index (κ2) is 6.83. The van der Waals surface area contributed by atoms with E-state index in [1.54, 1.807) is 0 Å². The lowest BCUT2D eigenvalue weighted by Crippen LogP contribution is -2.37. The minimum absolute atomic E-state index is 0.0998. The van der Waals surface area contributed by atoms with E-state index >= 15 is 0 Å². The fraction of sp³-hybridized carbons (Fsp3) is 0.909. The van der Waals surface area contributed by atoms with E-state index < -0.39 is 0 Å². The molecule has 0 spiro atoms. The third kappa shape index (κ3) is 4.92. The molecule has 2 unspecified atom stereocenters. The molecule has 1 aliphatic heterocycles. The first-order chi connectivity index (χ1) is 7.61. The lowest BCUT2D eigenvalue weighted by molar-refractivity contribution is -0.135. The summed E-state index contributed by atoms with van der Waals surface area (Å²) in [5, 5.41) is 2.67. The lowest BCUT2D eigenvalue weighted by Gasteiger charge is -2.31. The van der Waals surface area contributed by atoms with Crippen molar-refractivity contribution in [3.63, 3.8) is 0 Å². The van der Waals surface area contributed by atoms with Crippen LogP contribution in [0.3, 0.4) is 0 Å². The topological polar surface area (TPSA) is 73.6 Å². The van der Waals surface area contributed by atoms with Gasteiger partial charge < -0.3 is 20.5 Å². The summed E-state index contributed by atoms with van der Waals surface area (Å²) in [6.45, 7) is 5.13. The molecule has 1 fully saturated rings. The van der Waals surface area contributed by atoms with E-state index in [4.69, 9.17) is 15.2 Å². The van der Waals surface area contributed by atoms with E-state index in [1.807, 2.05) is 13.8 Å². The van der Waals surface area contributed by atoms with Crippen molar-refractivity contribution in [3.8, 4) is 0 Å². The predicted octanol–water partition coefficient (Wildman–Crippen LogP) is 0.0339. The Morgan fingerprint density at radius 1 is 1.44 bits per heavy atom. The fourth-order valence-electron chi connectivity index (χ4n) is 1.94. The summed E-state index contributed by atoms with van der Waals surface area (Å²) in [5.41, 5.74) is 5.28. The van der Waals surface area contributed by atoms with Crippen molar-refractivity contribution in [2.45, 2.75) is 45.0 Å². The van der Waals surface area contributed by atoms with E-state index in [0.717, 1.165) is 12.8 Å². The maximum Gasteiger partial charge on any atom is 0.246 e. The summed E-state index contributed by atoms with van der Waals surface area (Å²) in [4.78, 5) is 11.3. The molecular weight excluding hydrogens is 208 g/mol. The van der Waals surface area contributed by atoms with Crippen molar-refractivity contribution in [2.75, 3.05) is 19.7 Å². The average Bonchev–Trinajstić information content (AvgIpc) is 2.22. The fourth-order valence-corrected chi connectivity index (χ4v) is 1.94. The highest BCUT2D eigenvalue weighted by molar-refractivity contribution is 5.77. The number of amides is 1. The van der Waals surface area contributed by atoms with Crippen molar-refractivity contribution in [1.82, 2.24) is 5.32 Å². The normalized spacial score (nSPS) is 30.1. The molecule has 5 nitrogen and oxygen atoms in total. The standard InChI is InChI=1S/C11H22N2O3/c1-8-5-10(6-9(2)16-8)15-7-11(14)13-4-3-12/h8-10H,3-7,12H2,1-2H3,(H,13,14). The van der Waals surface area contributed by atoms with Crippen LogP contribution in [0.1, 0.15) is 26.7 Å². The predicted molar refractivity (Wildman–Crippen MR) is 61.0 cm³/mol. The van der Waals surface area contributed by atoms with E-state index in [9.17, 15) is 4.79 Å². The van der Waals surface area contributed by atoms with Gasteiger partial charge in [0.2, 0.25) is 5.91 Å². The van der Waals surface area contributed by atoms with Gasteiger partial charge in [-0.3, -0.25) is 4.79 Å². The summed E-state index contributed by atoms with van der Waals surface area (Å²) in [5.74, 6) is -0.0998. The number of carbonyl (C=O) groups excluding carboxylic acids is 1. The Labute approximate surface area is 96.7 Å². The van der Waals surface area contributed by atoms with Gasteiger partial charge in [-0.25, -0.2) is 0 Å². The Morgan fingerprint density at radius 3 is 2.62 bits per heavy atom. The summed E-state index contributed by atoms with van der Waals surface area (Å²) in [6.07, 6.45) is 2.26. The molecule has 0 aromatic heterocycles. The molecule has 3 N–H and O–H groups in total. The third-order valence-electron chi connectivity index (χ3n) is 2.57. The molecule has 1 amide bonds. The molecule has 1 rings (SSSR count). The second-order valence-electron chi connectivity index (χ2n) is 4.30. The molecule has 0 saturated carbocycles. The van der Waals surface area contributed by atoms with Crippen LogP contribution in [0, 0.1) is 0 Å². The zero-order valence-corrected chi connectivity index (χ0v) is 10.1. The van der Waals surface area contributed by atoms with Gasteiger partial charge in [0.05, 0.1) is 18.3 Å². The monoisotopic (exact) mass is 230 g/mol. The molecule has 94 valence electrons. The molecule has 1 heterocycles. The zero-order valence-electron chi connectivity index (χ0n) is 10.1. The Balaban J connectivity index is 2.18. The van der Waals surface area contributed by atoms with Crippen molar-refractivity contribution < 1.29 is 14.3 Å². The number of nitrogens with one attached hydrogen (secondary N) is 1. The molecule has 0 aromatic rings. The van der Waals surface area contributed by atoms with Crippen LogP contribution in [-0.4, -0.2) is 43.9 Å². The molecule has 0 aromatic carbocycles. The zero-order chi connectivity index (χ0) is 12.0. The molecule has 0 radical (unpaired) electrons. The number of ether oxygens (including phenoxy) is 2. The number of nitrogens with two attached hydrogens (primary N) is 1. The highest BCUT2D eigenvalue weighted by Gasteiger charge is 2.25. The Bertz CT molecular complexity index is 213. The maximum atomic E-state index is 11.3. The Kier molecular flexibility index (Phi) is 5.73. The highest BCUT2D eigenvalue weighted by Crippen LogP contribution is 2.21. The number of hydrogen-bond acceptors (Lipinski definition) is 4. The molecule has 1 aliphatic rings. The van der Waals surface area contributed by atoms with E-state index in [0.29, 0.717) is 13.1 Å². The molecule has 0 bridgehead atoms. The highest BCUT2D eigenvalue weighted by atomic mass is 16.5. The van der Waals surface area contributed by atoms with Gasteiger partial charge in [-0.1, -0.05) is 0 Å². The van der Waals surface area contributed by atoms with Crippen LogP contribution in [-0.2, 0) is 14.3 Å². The van der Waals surface area contributed by atoms with Crippen LogP contribution < -0.4 is 11.1 Å². The molecular formula is C11H22N2O3. The van der Waals surface area contributed by atoms with Crippen LogP contribution in [0.4, 0.5) is 0 Å². The summed E-state index contributed by atoms with van der Waals surface area (Å²) < 4.78 is 11.1. The van der Waals surface area contributed by atoms with Gasteiger partial charge >= 0.3 is 0 Å². The van der Waals surface area contributed by atoms with Gasteiger partial charge in [0.1, 0.15) is 6.61 Å². The van der Waals surface area contributed by atoms with Crippen molar-refractivity contribution >= 4 is 5.91 Å². The van der Waals surface area contributed by atoms with Gasteiger partial charge in [-0.2, -0.15) is 0 Å². The molecule has 16 heavy (non-hydrogen) atoms. The van der Waals surface area contributed by atoms with Crippen LogP contribution in [0.2, 0.25) is 0 Å². The van der Waals surface area contributed by atoms with Gasteiger partial charge in [0.25, 0.3) is 0 Å². The first kappa shape index (κ1) is 13.4. The van der Waals surface area contributed by atoms with Crippen LogP contribution >= 0.6 is 0 Å². The minimum atomic E-state index is -0.0998. The van der Waals surface area contributed by atoms with Gasteiger partial charge in [0, 0.05) is 13.1 Å². The minimum Gasteiger partial charge on any atom is -0.375 e. The van der Waals surface area contributed by atoms with Crippen LogP contribution in [0.25, 0.3) is 0 Å². The summed E-state index contributed by atoms with van der Waals surface area (Å²) in [7, 11) is 0. The lowest BCUT2D eigenvalue weighted by atomic mass is 10.0. The molecule has 0 aliphatic carbocycles. The summed E-state index contributed by atoms with van der Waals surface area (Å²) in [6, 6.07) is 0. The van der Waals surface area contributed by atoms with Crippen LogP contribution in [0.15, 0.2) is 0 Å². The van der Waals surface area contributed by atoms with E-state index in [-0.39, 0.29) is 30.8 Å². The van der Waals surface area contributed by atoms with Gasteiger partial charge in [-0.05, 0) is 26.7 Å². The largest absolute Gasteiger partial charge is 0.375 e. The third-order valence-corrected chi connectivity index (χ3v) is 2.57. The first-order valence-corrected chi connectivity index (χ1v) is 5.85. The average molecular weight is 230 g/mol. The first-order valence-electron chi connectivity index (χ1n) is 5.85. The molecule has 2 atom stereocenters. The number of hydrogen-bond donors (Lipinski definition) is 2. The Morgan fingerprint density at radius 2 is 2.06 bits per heavy atom. The van der Waals surface area contributed by atoms with E-state index in [1.165, 1.54) is 0 Å². The number of carbonyl (C=O) groups is 1. The summed E-state index contributed by atoms with van der Waals surface area (Å²) >= 11 is 0. The maximum absolute atomic E-state index is 11.3. The van der Waals surface area contributed by atoms with Crippen molar-refractivity contribution in [1.29, 1.82) is 0 Å². The van der Waals surface area contributed by atoms with Crippen molar-refractivity contribution in [2.24, 2.45) is 5.73 Å². The SMILES string of the molecule is CC1CC(OCC(=O)NCCN)CC(C)O1. The molecule has 1 saturated heterocycles. The quantitative estimate of drug-likeness (QED) is 0.699. The van der Waals surface area contributed by atoms with E-state index in [2.05, 4.69) is 5.32 Å². The van der Waals surface area contributed by atoms with Crippen molar-refractivity contribution in [3.05, 3.63) is 0 Å². The second-order valence-corrected chi connectivity index (χ2v) is 4.30.